The number of H-pyrrole nitrogens is 1. The molecule has 4 nitrogen and oxygen atoms in total. The van der Waals surface area contributed by atoms with Crippen LogP contribution in [0.5, 0.6) is 5.75 Å². The number of nitrogens with zero attached hydrogens (tertiary/aromatic N) is 1. The number of hydrogen-bond donors (Lipinski definition) is 2. The summed E-state index contributed by atoms with van der Waals surface area (Å²) in [5.74, 6) is 1.29. The number of alkyl halides is 4. The number of ether oxygens (including phenoxy) is 1. The summed E-state index contributed by atoms with van der Waals surface area (Å²) >= 11 is 5.07. The van der Waals surface area contributed by atoms with Crippen LogP contribution in [0.2, 0.25) is 0 Å². The minimum atomic E-state index is -4.33. The van der Waals surface area contributed by atoms with Crippen molar-refractivity contribution in [2.75, 3.05) is 32.1 Å². The van der Waals surface area contributed by atoms with Gasteiger partial charge in [-0.15, -0.1) is 18.2 Å². The van der Waals surface area contributed by atoms with Crippen molar-refractivity contribution in [1.29, 1.82) is 0 Å². The van der Waals surface area contributed by atoms with Crippen LogP contribution in [0.4, 0.5) is 13.2 Å². The lowest BCUT2D eigenvalue weighted by atomic mass is 9.97. The number of aryl methyl sites for hydroxylation is 1. The summed E-state index contributed by atoms with van der Waals surface area (Å²) in [5.41, 5.74) is 2.57. The molecular formula is C25H34ClF3N2O2. The number of rotatable bonds is 8. The molecule has 0 bridgehead atoms. The lowest BCUT2D eigenvalue weighted by molar-refractivity contribution is -0.137. The topological polar surface area (TPSA) is 48.5 Å². The predicted molar refractivity (Wildman–Crippen MR) is 127 cm³/mol. The van der Waals surface area contributed by atoms with Crippen molar-refractivity contribution in [2.24, 2.45) is 5.92 Å². The quantitative estimate of drug-likeness (QED) is 0.348. The third-order valence-electron chi connectivity index (χ3n) is 5.77. The molecule has 2 heterocycles. The SMILES string of the molecule is C=CCCl.CCc1c(C(O)CN2CCCC(COc3ccc(C(F)(F)F)cc3)C2)c[nH]c1C. The Morgan fingerprint density at radius 3 is 2.58 bits per heavy atom. The first-order valence-corrected chi connectivity index (χ1v) is 11.8. The zero-order chi connectivity index (χ0) is 24.4. The largest absolute Gasteiger partial charge is 0.493 e. The van der Waals surface area contributed by atoms with Gasteiger partial charge < -0.3 is 19.7 Å². The van der Waals surface area contributed by atoms with Crippen molar-refractivity contribution in [3.05, 3.63) is 65.5 Å². The van der Waals surface area contributed by atoms with Gasteiger partial charge in [-0.3, -0.25) is 0 Å². The van der Waals surface area contributed by atoms with Gasteiger partial charge in [-0.2, -0.15) is 13.2 Å². The molecule has 2 aromatic rings. The molecule has 0 amide bonds. The number of aromatic amines is 1. The molecule has 1 aromatic heterocycles. The van der Waals surface area contributed by atoms with E-state index in [-0.39, 0.29) is 5.92 Å². The highest BCUT2D eigenvalue weighted by molar-refractivity contribution is 6.18. The van der Waals surface area contributed by atoms with Crippen LogP contribution in [-0.2, 0) is 12.6 Å². The molecule has 2 N–H and O–H groups in total. The van der Waals surface area contributed by atoms with E-state index in [1.54, 1.807) is 6.08 Å². The van der Waals surface area contributed by atoms with Crippen LogP contribution in [0.15, 0.2) is 43.1 Å². The standard InChI is InChI=1S/C22H29F3N2O2.C3H5Cl/c1-3-19-15(2)26-11-20(19)21(28)13-27-10-4-5-16(12-27)14-29-18-8-6-17(7-9-18)22(23,24)25;1-2-3-4/h6-9,11,16,21,26,28H,3-5,10,12-14H2,1-2H3;2H,1,3H2. The van der Waals surface area contributed by atoms with E-state index in [0.717, 1.165) is 55.7 Å². The summed E-state index contributed by atoms with van der Waals surface area (Å²) in [6, 6.07) is 4.83. The van der Waals surface area contributed by atoms with Crippen LogP contribution in [-0.4, -0.2) is 47.1 Å². The first kappa shape index (κ1) is 27.3. The molecule has 0 aliphatic carbocycles. The van der Waals surface area contributed by atoms with Crippen molar-refractivity contribution in [2.45, 2.75) is 45.4 Å². The van der Waals surface area contributed by atoms with Crippen LogP contribution in [0.1, 0.15) is 48.3 Å². The third-order valence-corrected chi connectivity index (χ3v) is 5.99. The first-order chi connectivity index (χ1) is 15.7. The van der Waals surface area contributed by atoms with Crippen LogP contribution in [0, 0.1) is 12.8 Å². The minimum absolute atomic E-state index is 0.289. The average molecular weight is 487 g/mol. The Kier molecular flexibility index (Phi) is 10.8. The molecule has 1 saturated heterocycles. The molecule has 2 atom stereocenters. The maximum absolute atomic E-state index is 12.6. The van der Waals surface area contributed by atoms with Crippen molar-refractivity contribution < 1.29 is 23.0 Å². The highest BCUT2D eigenvalue weighted by atomic mass is 35.5. The fourth-order valence-corrected chi connectivity index (χ4v) is 4.09. The fourth-order valence-electron chi connectivity index (χ4n) is 4.09. The molecule has 1 aromatic carbocycles. The van der Waals surface area contributed by atoms with Gasteiger partial charge in [0.1, 0.15) is 5.75 Å². The van der Waals surface area contributed by atoms with Gasteiger partial charge in [0, 0.05) is 42.3 Å². The third kappa shape index (κ3) is 8.40. The number of aliphatic hydroxyl groups is 1. The van der Waals surface area contributed by atoms with Gasteiger partial charge in [0.15, 0.2) is 0 Å². The summed E-state index contributed by atoms with van der Waals surface area (Å²) < 4.78 is 43.7. The van der Waals surface area contributed by atoms with Crippen LogP contribution < -0.4 is 4.74 Å². The average Bonchev–Trinajstić information content (AvgIpc) is 3.18. The van der Waals surface area contributed by atoms with E-state index in [1.165, 1.54) is 17.7 Å². The van der Waals surface area contributed by atoms with E-state index in [1.807, 2.05) is 13.1 Å². The maximum Gasteiger partial charge on any atom is 0.416 e. The number of allylic oxidation sites excluding steroid dienone is 1. The Balaban J connectivity index is 0.000000890. The normalized spacial score (nSPS) is 17.7. The molecule has 1 fully saturated rings. The number of likely N-dealkylation sites (tertiary alicyclic amines) is 1. The van der Waals surface area contributed by atoms with Crippen molar-refractivity contribution >= 4 is 11.6 Å². The van der Waals surface area contributed by atoms with Crippen molar-refractivity contribution in [1.82, 2.24) is 9.88 Å². The molecular weight excluding hydrogens is 453 g/mol. The van der Waals surface area contributed by atoms with Gasteiger partial charge >= 0.3 is 6.18 Å². The van der Waals surface area contributed by atoms with E-state index in [4.69, 9.17) is 16.3 Å². The Morgan fingerprint density at radius 1 is 1.33 bits per heavy atom. The van der Waals surface area contributed by atoms with Crippen LogP contribution in [0.3, 0.4) is 0 Å². The molecule has 0 radical (unpaired) electrons. The number of hydrogen-bond acceptors (Lipinski definition) is 3. The van der Waals surface area contributed by atoms with Gasteiger partial charge in [0.05, 0.1) is 18.3 Å². The van der Waals surface area contributed by atoms with E-state index < -0.39 is 17.8 Å². The van der Waals surface area contributed by atoms with Gasteiger partial charge in [0.2, 0.25) is 0 Å². The second-order valence-electron chi connectivity index (χ2n) is 8.26. The Bertz CT molecular complexity index is 852. The number of piperidine rings is 1. The van der Waals surface area contributed by atoms with Gasteiger partial charge in [-0.05, 0) is 62.6 Å². The summed E-state index contributed by atoms with van der Waals surface area (Å²) in [5, 5.41) is 10.7. The number of halogens is 4. The molecule has 33 heavy (non-hydrogen) atoms. The minimum Gasteiger partial charge on any atom is -0.493 e. The lowest BCUT2D eigenvalue weighted by Crippen LogP contribution is -2.40. The number of nitrogens with one attached hydrogen (secondary N) is 1. The van der Waals surface area contributed by atoms with Crippen LogP contribution in [0.25, 0.3) is 0 Å². The molecule has 0 spiro atoms. The second-order valence-corrected chi connectivity index (χ2v) is 8.57. The Labute approximate surface area is 199 Å². The van der Waals surface area contributed by atoms with Crippen molar-refractivity contribution in [3.8, 4) is 5.75 Å². The first-order valence-electron chi connectivity index (χ1n) is 11.2. The second kappa shape index (κ2) is 13.1. The summed E-state index contributed by atoms with van der Waals surface area (Å²) in [6.45, 7) is 10.2. The van der Waals surface area contributed by atoms with E-state index in [9.17, 15) is 18.3 Å². The zero-order valence-electron chi connectivity index (χ0n) is 19.3. The van der Waals surface area contributed by atoms with E-state index in [2.05, 4.69) is 23.4 Å². The Morgan fingerprint density at radius 2 is 2.00 bits per heavy atom. The summed E-state index contributed by atoms with van der Waals surface area (Å²) in [7, 11) is 0. The Hall–Kier alpha value is -1.96. The number of benzene rings is 1. The monoisotopic (exact) mass is 486 g/mol. The van der Waals surface area contributed by atoms with Crippen LogP contribution >= 0.6 is 11.6 Å². The van der Waals surface area contributed by atoms with Gasteiger partial charge in [-0.25, -0.2) is 0 Å². The molecule has 1 aliphatic rings. The smallest absolute Gasteiger partial charge is 0.416 e. The molecule has 1 aliphatic heterocycles. The predicted octanol–water partition coefficient (Wildman–Crippen LogP) is 6.14. The maximum atomic E-state index is 12.6. The number of aliphatic hydroxyl groups excluding tert-OH is 1. The highest BCUT2D eigenvalue weighted by Gasteiger charge is 2.30. The summed E-state index contributed by atoms with van der Waals surface area (Å²) in [6.07, 6.45) is 1.57. The molecule has 2 unspecified atom stereocenters. The fraction of sp³-hybridized carbons (Fsp3) is 0.520. The highest BCUT2D eigenvalue weighted by Crippen LogP contribution is 2.30. The zero-order valence-corrected chi connectivity index (χ0v) is 20.1. The van der Waals surface area contributed by atoms with E-state index in [0.29, 0.717) is 24.8 Å². The molecule has 0 saturated carbocycles. The molecule has 184 valence electrons. The molecule has 3 rings (SSSR count). The van der Waals surface area contributed by atoms with Gasteiger partial charge in [0.25, 0.3) is 0 Å². The van der Waals surface area contributed by atoms with Gasteiger partial charge in [-0.1, -0.05) is 13.0 Å². The molecule has 8 heteroatoms. The summed E-state index contributed by atoms with van der Waals surface area (Å²) in [4.78, 5) is 5.44. The van der Waals surface area contributed by atoms with Crippen molar-refractivity contribution in [3.63, 3.8) is 0 Å². The number of aromatic nitrogens is 1. The lowest BCUT2D eigenvalue weighted by Gasteiger charge is -2.34. The van der Waals surface area contributed by atoms with E-state index >= 15 is 0 Å². The number of β-amino-alcohol motifs (C(OH)–C–C–N with tert-alkyl or cyclic N) is 1.